The lowest BCUT2D eigenvalue weighted by molar-refractivity contribution is 0.280. The second-order valence-corrected chi connectivity index (χ2v) is 4.03. The molecule has 7 nitrogen and oxygen atoms in total. The predicted octanol–water partition coefficient (Wildman–Crippen LogP) is -1.14. The van der Waals surface area contributed by atoms with Crippen molar-refractivity contribution in [1.82, 2.24) is 19.7 Å². The van der Waals surface area contributed by atoms with E-state index in [1.807, 2.05) is 13.8 Å². The van der Waals surface area contributed by atoms with Crippen LogP contribution in [0.4, 0.5) is 0 Å². The van der Waals surface area contributed by atoms with Crippen molar-refractivity contribution in [3.63, 3.8) is 0 Å². The summed E-state index contributed by atoms with van der Waals surface area (Å²) in [4.78, 5) is 23.0. The van der Waals surface area contributed by atoms with Crippen LogP contribution in [-0.4, -0.2) is 33.5 Å². The molecule has 0 aliphatic carbocycles. The Bertz CT molecular complexity index is 489. The fourth-order valence-electron chi connectivity index (χ4n) is 1.26. The highest BCUT2D eigenvalue weighted by molar-refractivity contribution is 5.01. The summed E-state index contributed by atoms with van der Waals surface area (Å²) >= 11 is 0. The molecule has 0 atom stereocenters. The number of nitrogens with zero attached hydrogens (tertiary/aromatic N) is 3. The van der Waals surface area contributed by atoms with Gasteiger partial charge in [0.25, 0.3) is 5.88 Å². The van der Waals surface area contributed by atoms with Crippen molar-refractivity contribution in [2.24, 2.45) is 14.1 Å². The van der Waals surface area contributed by atoms with Crippen molar-refractivity contribution in [2.75, 3.05) is 13.2 Å². The molecule has 7 heteroatoms. The molecule has 0 unspecified atom stereocenters. The first-order valence-corrected chi connectivity index (χ1v) is 5.44. The molecule has 0 bridgehead atoms. The van der Waals surface area contributed by atoms with E-state index in [1.54, 1.807) is 0 Å². The van der Waals surface area contributed by atoms with Gasteiger partial charge >= 0.3 is 11.2 Å². The van der Waals surface area contributed by atoms with E-state index in [1.165, 1.54) is 14.1 Å². The first-order valence-electron chi connectivity index (χ1n) is 5.44. The van der Waals surface area contributed by atoms with Crippen molar-refractivity contribution in [2.45, 2.75) is 19.9 Å². The molecule has 0 radical (unpaired) electrons. The molecule has 0 aromatic carbocycles. The van der Waals surface area contributed by atoms with Crippen molar-refractivity contribution in [3.05, 3.63) is 20.8 Å². The summed E-state index contributed by atoms with van der Waals surface area (Å²) in [6, 6.07) is 0.356. The molecule has 0 spiro atoms. The molecule has 96 valence electrons. The summed E-state index contributed by atoms with van der Waals surface area (Å²) in [5, 5.41) is 6.92. The summed E-state index contributed by atoms with van der Waals surface area (Å²) in [5.74, 6) is -0.0554. The molecule has 0 saturated heterocycles. The molecule has 1 N–H and O–H groups in total. The Balaban J connectivity index is 2.73. The van der Waals surface area contributed by atoms with Gasteiger partial charge in [0, 0.05) is 26.7 Å². The zero-order valence-electron chi connectivity index (χ0n) is 10.6. The predicted molar refractivity (Wildman–Crippen MR) is 63.4 cm³/mol. The molecule has 0 aliphatic rings. The summed E-state index contributed by atoms with van der Waals surface area (Å²) in [7, 11) is 2.87. The lowest BCUT2D eigenvalue weighted by Gasteiger charge is -2.09. The Morgan fingerprint density at radius 2 is 2.00 bits per heavy atom. The maximum atomic E-state index is 11.6. The molecular weight excluding hydrogens is 224 g/mol. The summed E-state index contributed by atoms with van der Waals surface area (Å²) in [6.45, 7) is 4.98. The van der Waals surface area contributed by atoms with Gasteiger partial charge in [0.05, 0.1) is 0 Å². The summed E-state index contributed by atoms with van der Waals surface area (Å²) < 4.78 is 7.28. The molecule has 1 aromatic heterocycles. The zero-order chi connectivity index (χ0) is 13.0. The largest absolute Gasteiger partial charge is 0.471 e. The third-order valence-corrected chi connectivity index (χ3v) is 2.19. The summed E-state index contributed by atoms with van der Waals surface area (Å²) in [5.41, 5.74) is -0.986. The molecule has 0 fully saturated rings. The number of ether oxygens (including phenoxy) is 1. The summed E-state index contributed by atoms with van der Waals surface area (Å²) in [6.07, 6.45) is 0. The second kappa shape index (κ2) is 5.62. The van der Waals surface area contributed by atoms with Crippen molar-refractivity contribution >= 4 is 0 Å². The monoisotopic (exact) mass is 242 g/mol. The molecule has 17 heavy (non-hydrogen) atoms. The first kappa shape index (κ1) is 13.4. The number of hydrogen-bond acceptors (Lipinski definition) is 5. The van der Waals surface area contributed by atoms with E-state index in [-0.39, 0.29) is 5.88 Å². The van der Waals surface area contributed by atoms with Crippen molar-refractivity contribution in [3.8, 4) is 5.88 Å². The van der Waals surface area contributed by atoms with Crippen LogP contribution in [0.1, 0.15) is 13.8 Å². The molecule has 0 amide bonds. The number of hydrogen-bond donors (Lipinski definition) is 1. The van der Waals surface area contributed by atoms with Gasteiger partial charge in [-0.05, 0) is 0 Å². The SMILES string of the molecule is CC(C)NCCOc1nn(C)c(=O)n(C)c1=O. The van der Waals surface area contributed by atoms with Crippen LogP contribution in [0.2, 0.25) is 0 Å². The van der Waals surface area contributed by atoms with Crippen LogP contribution in [-0.2, 0) is 14.1 Å². The van der Waals surface area contributed by atoms with E-state index in [9.17, 15) is 9.59 Å². The molecular formula is C10H18N4O3. The maximum absolute atomic E-state index is 11.6. The third-order valence-electron chi connectivity index (χ3n) is 2.19. The van der Waals surface area contributed by atoms with Gasteiger partial charge in [0.2, 0.25) is 0 Å². The molecule has 1 heterocycles. The van der Waals surface area contributed by atoms with Gasteiger partial charge in [-0.3, -0.25) is 9.36 Å². The number of rotatable bonds is 5. The Labute approximate surface area is 99.0 Å². The highest BCUT2D eigenvalue weighted by atomic mass is 16.5. The van der Waals surface area contributed by atoms with Crippen LogP contribution in [0.5, 0.6) is 5.88 Å². The molecule has 1 aromatic rings. The van der Waals surface area contributed by atoms with Gasteiger partial charge in [0.1, 0.15) is 6.61 Å². The van der Waals surface area contributed by atoms with Gasteiger partial charge in [0.15, 0.2) is 0 Å². The second-order valence-electron chi connectivity index (χ2n) is 4.03. The normalized spacial score (nSPS) is 10.9. The van der Waals surface area contributed by atoms with Crippen molar-refractivity contribution in [1.29, 1.82) is 0 Å². The average Bonchev–Trinajstić information content (AvgIpc) is 2.27. The van der Waals surface area contributed by atoms with Crippen LogP contribution in [0.25, 0.3) is 0 Å². The van der Waals surface area contributed by atoms with E-state index in [4.69, 9.17) is 4.74 Å². The van der Waals surface area contributed by atoms with E-state index >= 15 is 0 Å². The van der Waals surface area contributed by atoms with E-state index in [2.05, 4.69) is 10.4 Å². The van der Waals surface area contributed by atoms with Crippen LogP contribution < -0.4 is 21.3 Å². The van der Waals surface area contributed by atoms with Gasteiger partial charge in [-0.15, -0.1) is 5.10 Å². The minimum atomic E-state index is -0.516. The Morgan fingerprint density at radius 3 is 2.59 bits per heavy atom. The topological polar surface area (TPSA) is 78.2 Å². The third kappa shape index (κ3) is 3.42. The number of nitrogens with one attached hydrogen (secondary N) is 1. The fourth-order valence-corrected chi connectivity index (χ4v) is 1.26. The van der Waals surface area contributed by atoms with Crippen LogP contribution >= 0.6 is 0 Å². The van der Waals surface area contributed by atoms with Gasteiger partial charge < -0.3 is 10.1 Å². The lowest BCUT2D eigenvalue weighted by Crippen LogP contribution is -2.39. The Kier molecular flexibility index (Phi) is 4.45. The fraction of sp³-hybridized carbons (Fsp3) is 0.700. The molecule has 0 saturated carbocycles. The van der Waals surface area contributed by atoms with E-state index in [0.29, 0.717) is 19.2 Å². The van der Waals surface area contributed by atoms with E-state index in [0.717, 1.165) is 9.25 Å². The zero-order valence-corrected chi connectivity index (χ0v) is 10.6. The standard InChI is InChI=1S/C10H18N4O3/c1-7(2)11-5-6-17-8-9(15)13(3)10(16)14(4)12-8/h7,11H,5-6H2,1-4H3. The van der Waals surface area contributed by atoms with Crippen molar-refractivity contribution < 1.29 is 4.74 Å². The molecule has 0 aliphatic heterocycles. The smallest absolute Gasteiger partial charge is 0.347 e. The van der Waals surface area contributed by atoms with Gasteiger partial charge in [-0.25, -0.2) is 9.48 Å². The average molecular weight is 242 g/mol. The van der Waals surface area contributed by atoms with E-state index < -0.39 is 11.2 Å². The first-order chi connectivity index (χ1) is 7.93. The minimum Gasteiger partial charge on any atom is -0.471 e. The minimum absolute atomic E-state index is 0.0554. The Morgan fingerprint density at radius 1 is 1.35 bits per heavy atom. The van der Waals surface area contributed by atoms with Gasteiger partial charge in [-0.2, -0.15) is 0 Å². The lowest BCUT2D eigenvalue weighted by atomic mass is 10.4. The highest BCUT2D eigenvalue weighted by Gasteiger charge is 2.09. The van der Waals surface area contributed by atoms with Crippen LogP contribution in [0, 0.1) is 0 Å². The van der Waals surface area contributed by atoms with Gasteiger partial charge in [-0.1, -0.05) is 13.8 Å². The van der Waals surface area contributed by atoms with Crippen LogP contribution in [0.3, 0.4) is 0 Å². The number of aromatic nitrogens is 3. The number of aryl methyl sites for hydroxylation is 1. The van der Waals surface area contributed by atoms with Crippen LogP contribution in [0.15, 0.2) is 9.59 Å². The maximum Gasteiger partial charge on any atom is 0.347 e. The quantitative estimate of drug-likeness (QED) is 0.660. The Hall–Kier alpha value is -1.63. The highest BCUT2D eigenvalue weighted by Crippen LogP contribution is 1.92. The molecule has 1 rings (SSSR count).